The standard InChI is InChI=1S/C21H22ClN3O2/c22-15-6-7-18-14(8-15)9-20(24-18)21(26)25-19-11-16(10-17(19)23)27-12-13-4-2-1-3-5-13/h1-9,16-17,19,24H,10-12,23H2,(H,25,26)/t16-,17-,19-/m1/s1. The van der Waals surface area contributed by atoms with E-state index in [0.717, 1.165) is 22.9 Å². The minimum atomic E-state index is -0.161. The zero-order valence-electron chi connectivity index (χ0n) is 14.8. The fourth-order valence-corrected chi connectivity index (χ4v) is 3.76. The van der Waals surface area contributed by atoms with Crippen LogP contribution in [0.2, 0.25) is 5.02 Å². The number of fused-ring (bicyclic) bond motifs is 1. The summed E-state index contributed by atoms with van der Waals surface area (Å²) in [5, 5.41) is 4.59. The number of nitrogens with one attached hydrogen (secondary N) is 2. The summed E-state index contributed by atoms with van der Waals surface area (Å²) in [5.74, 6) is -0.161. The number of rotatable bonds is 5. The number of carbonyl (C=O) groups is 1. The monoisotopic (exact) mass is 383 g/mol. The molecule has 1 aliphatic carbocycles. The molecule has 1 fully saturated rings. The Labute approximate surface area is 162 Å². The van der Waals surface area contributed by atoms with Gasteiger partial charge in [-0.2, -0.15) is 0 Å². The maximum Gasteiger partial charge on any atom is 0.268 e. The van der Waals surface area contributed by atoms with Gasteiger partial charge in [0.15, 0.2) is 0 Å². The van der Waals surface area contributed by atoms with Gasteiger partial charge in [0.2, 0.25) is 0 Å². The summed E-state index contributed by atoms with van der Waals surface area (Å²) in [4.78, 5) is 15.7. The van der Waals surface area contributed by atoms with Gasteiger partial charge in [-0.3, -0.25) is 4.79 Å². The molecule has 1 aliphatic rings. The number of aromatic nitrogens is 1. The Morgan fingerprint density at radius 1 is 1.19 bits per heavy atom. The number of hydrogen-bond donors (Lipinski definition) is 3. The van der Waals surface area contributed by atoms with Crippen LogP contribution in [0.3, 0.4) is 0 Å². The van der Waals surface area contributed by atoms with Crippen LogP contribution in [0, 0.1) is 0 Å². The van der Waals surface area contributed by atoms with Crippen molar-refractivity contribution in [1.29, 1.82) is 0 Å². The molecule has 2 aromatic carbocycles. The molecule has 0 aliphatic heterocycles. The van der Waals surface area contributed by atoms with Crippen molar-refractivity contribution in [2.45, 2.75) is 37.6 Å². The highest BCUT2D eigenvalue weighted by Crippen LogP contribution is 2.24. The summed E-state index contributed by atoms with van der Waals surface area (Å²) in [5.41, 5.74) is 8.76. The molecule has 1 aromatic heterocycles. The molecule has 0 spiro atoms. The summed E-state index contributed by atoms with van der Waals surface area (Å²) >= 11 is 6.01. The van der Waals surface area contributed by atoms with E-state index in [4.69, 9.17) is 22.1 Å². The van der Waals surface area contributed by atoms with Gasteiger partial charge in [-0.1, -0.05) is 41.9 Å². The van der Waals surface area contributed by atoms with Gasteiger partial charge in [0.05, 0.1) is 12.7 Å². The van der Waals surface area contributed by atoms with Crippen LogP contribution in [0.25, 0.3) is 10.9 Å². The van der Waals surface area contributed by atoms with Crippen molar-refractivity contribution in [2.75, 3.05) is 0 Å². The lowest BCUT2D eigenvalue weighted by Gasteiger charge is -2.16. The Balaban J connectivity index is 1.36. The fraction of sp³-hybridized carbons (Fsp3) is 0.286. The number of halogens is 1. The molecule has 3 aromatic rings. The van der Waals surface area contributed by atoms with Crippen LogP contribution >= 0.6 is 11.6 Å². The predicted molar refractivity (Wildman–Crippen MR) is 107 cm³/mol. The molecular weight excluding hydrogens is 362 g/mol. The van der Waals surface area contributed by atoms with E-state index in [0.29, 0.717) is 23.7 Å². The first-order valence-corrected chi connectivity index (χ1v) is 9.46. The van der Waals surface area contributed by atoms with Gasteiger partial charge < -0.3 is 20.8 Å². The van der Waals surface area contributed by atoms with E-state index in [1.54, 1.807) is 12.1 Å². The van der Waals surface area contributed by atoms with Crippen molar-refractivity contribution in [2.24, 2.45) is 5.73 Å². The molecule has 0 bridgehead atoms. The van der Waals surface area contributed by atoms with Crippen molar-refractivity contribution >= 4 is 28.4 Å². The average Bonchev–Trinajstić information content (AvgIpc) is 3.24. The molecule has 0 saturated heterocycles. The maximum absolute atomic E-state index is 12.6. The molecule has 6 heteroatoms. The van der Waals surface area contributed by atoms with Crippen LogP contribution in [-0.2, 0) is 11.3 Å². The van der Waals surface area contributed by atoms with E-state index in [-0.39, 0.29) is 24.1 Å². The van der Waals surface area contributed by atoms with E-state index in [1.807, 2.05) is 42.5 Å². The summed E-state index contributed by atoms with van der Waals surface area (Å²) in [6, 6.07) is 17.1. The third-order valence-electron chi connectivity index (χ3n) is 5.04. The molecule has 140 valence electrons. The van der Waals surface area contributed by atoms with Crippen molar-refractivity contribution < 1.29 is 9.53 Å². The molecule has 0 radical (unpaired) electrons. The topological polar surface area (TPSA) is 80.1 Å². The molecule has 4 rings (SSSR count). The Bertz CT molecular complexity index is 941. The molecule has 0 unspecified atom stereocenters. The van der Waals surface area contributed by atoms with Crippen molar-refractivity contribution in [3.8, 4) is 0 Å². The third-order valence-corrected chi connectivity index (χ3v) is 5.28. The number of amides is 1. The molecular formula is C21H22ClN3O2. The summed E-state index contributed by atoms with van der Waals surface area (Å²) < 4.78 is 5.98. The van der Waals surface area contributed by atoms with Gasteiger partial charge in [-0.05, 0) is 42.7 Å². The minimum Gasteiger partial charge on any atom is -0.373 e. The highest BCUT2D eigenvalue weighted by atomic mass is 35.5. The van der Waals surface area contributed by atoms with Crippen LogP contribution in [0.5, 0.6) is 0 Å². The number of nitrogens with two attached hydrogens (primary N) is 1. The fourth-order valence-electron chi connectivity index (χ4n) is 3.58. The maximum atomic E-state index is 12.6. The van der Waals surface area contributed by atoms with Crippen LogP contribution in [0.1, 0.15) is 28.9 Å². The van der Waals surface area contributed by atoms with Gasteiger partial charge in [-0.15, -0.1) is 0 Å². The minimum absolute atomic E-state index is 0.0482. The highest BCUT2D eigenvalue weighted by molar-refractivity contribution is 6.31. The molecule has 1 heterocycles. The van der Waals surface area contributed by atoms with E-state index in [9.17, 15) is 4.79 Å². The molecule has 1 saturated carbocycles. The zero-order chi connectivity index (χ0) is 18.8. The van der Waals surface area contributed by atoms with Crippen molar-refractivity contribution in [3.63, 3.8) is 0 Å². The summed E-state index contributed by atoms with van der Waals surface area (Å²) in [6.45, 7) is 0.557. The first kappa shape index (κ1) is 18.0. The van der Waals surface area contributed by atoms with Crippen LogP contribution in [0.4, 0.5) is 0 Å². The van der Waals surface area contributed by atoms with Crippen molar-refractivity contribution in [1.82, 2.24) is 10.3 Å². The predicted octanol–water partition coefficient (Wildman–Crippen LogP) is 3.63. The SMILES string of the molecule is N[C@@H]1C[C@@H](OCc2ccccc2)C[C@H]1NC(=O)c1cc2cc(Cl)ccc2[nH]1. The molecule has 27 heavy (non-hydrogen) atoms. The lowest BCUT2D eigenvalue weighted by molar-refractivity contribution is 0.0434. The summed E-state index contributed by atoms with van der Waals surface area (Å²) in [6.07, 6.45) is 1.50. The Morgan fingerprint density at radius 3 is 2.81 bits per heavy atom. The number of ether oxygens (including phenoxy) is 1. The number of carbonyl (C=O) groups excluding carboxylic acids is 1. The van der Waals surface area contributed by atoms with E-state index in [2.05, 4.69) is 10.3 Å². The largest absolute Gasteiger partial charge is 0.373 e. The Kier molecular flexibility index (Phi) is 5.16. The van der Waals surface area contributed by atoms with Crippen LogP contribution in [-0.4, -0.2) is 29.1 Å². The third kappa shape index (κ3) is 4.16. The van der Waals surface area contributed by atoms with Gasteiger partial charge >= 0.3 is 0 Å². The Hall–Kier alpha value is -2.34. The van der Waals surface area contributed by atoms with Gasteiger partial charge in [0.25, 0.3) is 5.91 Å². The van der Waals surface area contributed by atoms with E-state index < -0.39 is 0 Å². The quantitative estimate of drug-likeness (QED) is 0.629. The number of hydrogen-bond acceptors (Lipinski definition) is 3. The normalized spacial score (nSPS) is 22.2. The molecule has 5 nitrogen and oxygen atoms in total. The second kappa shape index (κ2) is 7.72. The van der Waals surface area contributed by atoms with Gasteiger partial charge in [0.1, 0.15) is 5.69 Å². The second-order valence-electron chi connectivity index (χ2n) is 7.05. The Morgan fingerprint density at radius 2 is 2.00 bits per heavy atom. The van der Waals surface area contributed by atoms with E-state index in [1.165, 1.54) is 0 Å². The molecule has 1 amide bonds. The van der Waals surface area contributed by atoms with Crippen LogP contribution in [0.15, 0.2) is 54.6 Å². The smallest absolute Gasteiger partial charge is 0.268 e. The van der Waals surface area contributed by atoms with Crippen LogP contribution < -0.4 is 11.1 Å². The second-order valence-corrected chi connectivity index (χ2v) is 7.48. The lowest BCUT2D eigenvalue weighted by atomic mass is 10.2. The highest BCUT2D eigenvalue weighted by Gasteiger charge is 2.33. The first-order valence-electron chi connectivity index (χ1n) is 9.09. The molecule has 4 N–H and O–H groups in total. The summed E-state index contributed by atoms with van der Waals surface area (Å²) in [7, 11) is 0. The number of H-pyrrole nitrogens is 1. The first-order chi connectivity index (χ1) is 13.1. The molecule has 3 atom stereocenters. The zero-order valence-corrected chi connectivity index (χ0v) is 15.6. The number of benzene rings is 2. The number of aromatic amines is 1. The van der Waals surface area contributed by atoms with Crippen molar-refractivity contribution in [3.05, 3.63) is 70.9 Å². The van der Waals surface area contributed by atoms with Gasteiger partial charge in [-0.25, -0.2) is 0 Å². The van der Waals surface area contributed by atoms with Gasteiger partial charge in [0, 0.05) is 28.0 Å². The van der Waals surface area contributed by atoms with E-state index >= 15 is 0 Å². The lowest BCUT2D eigenvalue weighted by Crippen LogP contribution is -2.44. The average molecular weight is 384 g/mol.